The smallest absolute Gasteiger partial charge is 0.358 e. The maximum absolute atomic E-state index is 11.0. The topological polar surface area (TPSA) is 95.1 Å². The number of carboxylic acids is 1. The zero-order valence-electron chi connectivity index (χ0n) is 10.8. The number of aromatic carboxylic acids is 1. The van der Waals surface area contributed by atoms with Crippen LogP contribution in [0.3, 0.4) is 0 Å². The summed E-state index contributed by atoms with van der Waals surface area (Å²) in [5.74, 6) is -1.10. The van der Waals surface area contributed by atoms with Crippen LogP contribution in [0.15, 0.2) is 12.3 Å². The Morgan fingerprint density at radius 1 is 1.53 bits per heavy atom. The molecule has 0 spiro atoms. The molecule has 2 aromatic heterocycles. The Hall–Kier alpha value is -2.22. The van der Waals surface area contributed by atoms with Crippen molar-refractivity contribution in [3.05, 3.63) is 29.3 Å². The lowest BCUT2D eigenvalue weighted by Crippen LogP contribution is -2.12. The summed E-state index contributed by atoms with van der Waals surface area (Å²) in [4.78, 5) is 11.0. The van der Waals surface area contributed by atoms with E-state index < -0.39 is 5.97 Å². The van der Waals surface area contributed by atoms with E-state index in [4.69, 9.17) is 9.84 Å². The number of rotatable bonds is 6. The fourth-order valence-electron chi connectivity index (χ4n) is 1.83. The third kappa shape index (κ3) is 2.79. The van der Waals surface area contributed by atoms with Gasteiger partial charge in [0, 0.05) is 39.0 Å². The number of carbonyl (C=O) groups is 1. The summed E-state index contributed by atoms with van der Waals surface area (Å²) < 4.78 is 8.32. The summed E-state index contributed by atoms with van der Waals surface area (Å²) in [5.41, 5.74) is 1.44. The van der Waals surface area contributed by atoms with E-state index in [9.17, 15) is 4.79 Å². The van der Waals surface area contributed by atoms with Crippen LogP contribution in [0.5, 0.6) is 0 Å². The molecule has 2 heterocycles. The molecule has 0 bridgehead atoms. The number of nitrogens with zero attached hydrogens (tertiary/aromatic N) is 5. The van der Waals surface area contributed by atoms with Crippen molar-refractivity contribution in [2.75, 3.05) is 7.11 Å². The predicted octanol–water partition coefficient (Wildman–Crippen LogP) is 0.0989. The number of carboxylic acid groups (broad SMARTS) is 1. The zero-order chi connectivity index (χ0) is 13.8. The zero-order valence-corrected chi connectivity index (χ0v) is 10.8. The fraction of sp³-hybridized carbons (Fsp3) is 0.455. The Balaban J connectivity index is 2.16. The molecule has 0 aromatic carbocycles. The molecule has 102 valence electrons. The molecule has 0 saturated carbocycles. The van der Waals surface area contributed by atoms with E-state index >= 15 is 0 Å². The molecule has 0 saturated heterocycles. The highest BCUT2D eigenvalue weighted by molar-refractivity contribution is 5.86. The van der Waals surface area contributed by atoms with E-state index in [1.807, 2.05) is 13.1 Å². The van der Waals surface area contributed by atoms with Gasteiger partial charge in [0.15, 0.2) is 5.69 Å². The van der Waals surface area contributed by atoms with E-state index in [1.165, 1.54) is 7.11 Å². The van der Waals surface area contributed by atoms with Crippen LogP contribution >= 0.6 is 0 Å². The Bertz CT molecular complexity index is 575. The number of hydrogen-bond donors (Lipinski definition) is 1. The lowest BCUT2D eigenvalue weighted by molar-refractivity contribution is 0.0684. The Morgan fingerprint density at radius 3 is 2.89 bits per heavy atom. The monoisotopic (exact) mass is 265 g/mol. The van der Waals surface area contributed by atoms with Gasteiger partial charge in [0.1, 0.15) is 0 Å². The summed E-state index contributed by atoms with van der Waals surface area (Å²) in [5, 5.41) is 20.6. The van der Waals surface area contributed by atoms with Gasteiger partial charge in [0.2, 0.25) is 0 Å². The van der Waals surface area contributed by atoms with Gasteiger partial charge in [-0.15, -0.1) is 5.10 Å². The molecule has 2 rings (SSSR count). The summed E-state index contributed by atoms with van der Waals surface area (Å²) in [6, 6.07) is 1.91. The van der Waals surface area contributed by atoms with Gasteiger partial charge in [-0.05, 0) is 6.07 Å². The molecular weight excluding hydrogens is 250 g/mol. The molecule has 0 aliphatic rings. The first-order valence-corrected chi connectivity index (χ1v) is 5.75. The molecule has 8 heteroatoms. The maximum Gasteiger partial charge on any atom is 0.358 e. The number of aryl methyl sites for hydroxylation is 3. The molecule has 19 heavy (non-hydrogen) atoms. The highest BCUT2D eigenvalue weighted by Gasteiger charge is 2.18. The van der Waals surface area contributed by atoms with E-state index in [-0.39, 0.29) is 12.3 Å². The molecule has 0 amide bonds. The first kappa shape index (κ1) is 13.2. The third-order valence-electron chi connectivity index (χ3n) is 2.82. The highest BCUT2D eigenvalue weighted by atomic mass is 16.5. The Kier molecular flexibility index (Phi) is 3.91. The minimum Gasteiger partial charge on any atom is -0.476 e. The van der Waals surface area contributed by atoms with E-state index in [2.05, 4.69) is 15.4 Å². The summed E-state index contributed by atoms with van der Waals surface area (Å²) >= 11 is 0. The molecular formula is C11H15N5O3. The van der Waals surface area contributed by atoms with Crippen LogP contribution in [-0.2, 0) is 31.4 Å². The number of hydrogen-bond acceptors (Lipinski definition) is 5. The number of ether oxygens (including phenoxy) is 1. The number of aromatic nitrogens is 5. The predicted molar refractivity (Wildman–Crippen MR) is 64.6 cm³/mol. The normalized spacial score (nSPS) is 10.8. The average Bonchev–Trinajstić information content (AvgIpc) is 2.94. The first-order valence-electron chi connectivity index (χ1n) is 5.75. The van der Waals surface area contributed by atoms with Crippen LogP contribution in [-0.4, -0.2) is 43.0 Å². The van der Waals surface area contributed by atoms with Crippen molar-refractivity contribution in [3.8, 4) is 0 Å². The van der Waals surface area contributed by atoms with Crippen molar-refractivity contribution < 1.29 is 14.6 Å². The van der Waals surface area contributed by atoms with Crippen molar-refractivity contribution >= 4 is 5.97 Å². The highest BCUT2D eigenvalue weighted by Crippen LogP contribution is 2.09. The minimum atomic E-state index is -1.10. The lowest BCUT2D eigenvalue weighted by Gasteiger charge is -2.06. The van der Waals surface area contributed by atoms with Gasteiger partial charge >= 0.3 is 5.97 Å². The molecule has 1 N–H and O–H groups in total. The van der Waals surface area contributed by atoms with Crippen molar-refractivity contribution in [2.45, 2.75) is 19.6 Å². The van der Waals surface area contributed by atoms with Gasteiger partial charge in [-0.3, -0.25) is 4.68 Å². The fourth-order valence-corrected chi connectivity index (χ4v) is 1.83. The van der Waals surface area contributed by atoms with Crippen molar-refractivity contribution in [1.29, 1.82) is 0 Å². The van der Waals surface area contributed by atoms with Crippen LogP contribution in [0.25, 0.3) is 0 Å². The van der Waals surface area contributed by atoms with Gasteiger partial charge in [0.05, 0.1) is 12.3 Å². The quantitative estimate of drug-likeness (QED) is 0.795. The van der Waals surface area contributed by atoms with Crippen LogP contribution in [0.1, 0.15) is 21.9 Å². The SMILES string of the molecule is COCc1c(C(=O)O)nnn1CCc1ccnn1C. The standard InChI is InChI=1S/C11H15N5O3/c1-15-8(3-5-12-15)4-6-16-9(7-19-2)10(11(17)18)13-14-16/h3,5H,4,6-7H2,1-2H3,(H,17,18). The largest absolute Gasteiger partial charge is 0.476 e. The van der Waals surface area contributed by atoms with E-state index in [0.717, 1.165) is 5.69 Å². The van der Waals surface area contributed by atoms with Crippen LogP contribution in [0, 0.1) is 0 Å². The van der Waals surface area contributed by atoms with Crippen LogP contribution < -0.4 is 0 Å². The van der Waals surface area contributed by atoms with Gasteiger partial charge in [-0.2, -0.15) is 5.10 Å². The lowest BCUT2D eigenvalue weighted by atomic mass is 10.3. The second-order valence-corrected chi connectivity index (χ2v) is 4.04. The summed E-state index contributed by atoms with van der Waals surface area (Å²) in [7, 11) is 3.36. The molecule has 0 unspecified atom stereocenters. The van der Waals surface area contributed by atoms with Gasteiger partial charge in [-0.1, -0.05) is 5.21 Å². The Morgan fingerprint density at radius 2 is 2.32 bits per heavy atom. The van der Waals surface area contributed by atoms with Gasteiger partial charge < -0.3 is 9.84 Å². The maximum atomic E-state index is 11.0. The van der Waals surface area contributed by atoms with Gasteiger partial charge in [0.25, 0.3) is 0 Å². The Labute approximate surface area is 109 Å². The third-order valence-corrected chi connectivity index (χ3v) is 2.82. The average molecular weight is 265 g/mol. The molecule has 0 aliphatic heterocycles. The summed E-state index contributed by atoms with van der Waals surface area (Å²) in [6.07, 6.45) is 2.41. The van der Waals surface area contributed by atoms with E-state index in [0.29, 0.717) is 18.7 Å². The summed E-state index contributed by atoms with van der Waals surface area (Å²) in [6.45, 7) is 0.693. The van der Waals surface area contributed by atoms with Crippen molar-refractivity contribution in [2.24, 2.45) is 7.05 Å². The van der Waals surface area contributed by atoms with Crippen molar-refractivity contribution in [1.82, 2.24) is 24.8 Å². The molecule has 0 aliphatic carbocycles. The van der Waals surface area contributed by atoms with Crippen LogP contribution in [0.2, 0.25) is 0 Å². The molecule has 0 atom stereocenters. The second-order valence-electron chi connectivity index (χ2n) is 4.04. The number of methoxy groups -OCH3 is 1. The van der Waals surface area contributed by atoms with Crippen molar-refractivity contribution in [3.63, 3.8) is 0 Å². The molecule has 8 nitrogen and oxygen atoms in total. The van der Waals surface area contributed by atoms with E-state index in [1.54, 1.807) is 15.6 Å². The molecule has 0 fully saturated rings. The second kappa shape index (κ2) is 5.61. The van der Waals surface area contributed by atoms with Crippen LogP contribution in [0.4, 0.5) is 0 Å². The first-order chi connectivity index (χ1) is 9.13. The minimum absolute atomic E-state index is 0.0631. The van der Waals surface area contributed by atoms with Gasteiger partial charge in [-0.25, -0.2) is 9.48 Å². The molecule has 2 aromatic rings. The molecule has 0 radical (unpaired) electrons.